The lowest BCUT2D eigenvalue weighted by molar-refractivity contribution is -0.130. The van der Waals surface area contributed by atoms with Crippen molar-refractivity contribution in [1.82, 2.24) is 34.9 Å². The van der Waals surface area contributed by atoms with Crippen LogP contribution in [0.5, 0.6) is 5.75 Å². The van der Waals surface area contributed by atoms with Crippen LogP contribution in [0.2, 0.25) is 0 Å². The molecule has 3 aliphatic rings. The maximum absolute atomic E-state index is 13.1. The number of hydrogen-bond acceptors (Lipinski definition) is 9. The van der Waals surface area contributed by atoms with Crippen LogP contribution in [0.1, 0.15) is 54.4 Å². The van der Waals surface area contributed by atoms with Crippen molar-refractivity contribution < 1.29 is 14.3 Å². The fourth-order valence-corrected chi connectivity index (χ4v) is 6.41. The summed E-state index contributed by atoms with van der Waals surface area (Å²) in [5.41, 5.74) is 9.57. The quantitative estimate of drug-likeness (QED) is 0.332. The second-order valence-corrected chi connectivity index (χ2v) is 12.5. The molecule has 2 aliphatic carbocycles. The number of amides is 2. The number of hydrogen-bond donors (Lipinski definition) is 3. The lowest BCUT2D eigenvalue weighted by atomic mass is 9.72. The monoisotopic (exact) mass is 575 g/mol. The van der Waals surface area contributed by atoms with Gasteiger partial charge in [-0.05, 0) is 62.0 Å². The molecule has 0 unspecified atom stereocenters. The number of carbonyl (C=O) groups excluding carboxylic acids is 2. The van der Waals surface area contributed by atoms with Crippen LogP contribution in [-0.4, -0.2) is 94.8 Å². The minimum atomic E-state index is -0.133. The molecule has 42 heavy (non-hydrogen) atoms. The van der Waals surface area contributed by atoms with Crippen molar-refractivity contribution in [1.29, 1.82) is 0 Å². The van der Waals surface area contributed by atoms with Gasteiger partial charge in [-0.1, -0.05) is 6.07 Å². The van der Waals surface area contributed by atoms with Gasteiger partial charge in [-0.15, -0.1) is 0 Å². The number of anilines is 2. The van der Waals surface area contributed by atoms with Crippen molar-refractivity contribution in [3.8, 4) is 5.75 Å². The zero-order chi connectivity index (χ0) is 29.4. The van der Waals surface area contributed by atoms with E-state index in [1.807, 2.05) is 16.8 Å². The summed E-state index contributed by atoms with van der Waals surface area (Å²) in [6.45, 7) is 3.25. The summed E-state index contributed by atoms with van der Waals surface area (Å²) >= 11 is 0. The Morgan fingerprint density at radius 2 is 1.93 bits per heavy atom. The molecule has 1 spiro atoms. The summed E-state index contributed by atoms with van der Waals surface area (Å²) in [6.07, 6.45) is 8.65. The van der Waals surface area contributed by atoms with E-state index in [9.17, 15) is 9.59 Å². The van der Waals surface area contributed by atoms with Crippen molar-refractivity contribution in [2.24, 2.45) is 11.3 Å². The molecule has 0 bridgehead atoms. The van der Waals surface area contributed by atoms with E-state index < -0.39 is 0 Å². The fraction of sp³-hybridized carbons (Fsp3) is 0.567. The van der Waals surface area contributed by atoms with Crippen LogP contribution in [0.3, 0.4) is 0 Å². The van der Waals surface area contributed by atoms with Gasteiger partial charge in [0, 0.05) is 50.9 Å². The molecule has 224 valence electrons. The second kappa shape index (κ2) is 11.4. The molecule has 3 heterocycles. The maximum atomic E-state index is 13.1. The molecule has 0 radical (unpaired) electrons. The first-order valence-electron chi connectivity index (χ1n) is 14.8. The van der Waals surface area contributed by atoms with Gasteiger partial charge in [0.2, 0.25) is 11.9 Å². The van der Waals surface area contributed by atoms with E-state index in [-0.39, 0.29) is 23.8 Å². The molecule has 6 rings (SSSR count). The Kier molecular flexibility index (Phi) is 7.65. The number of likely N-dealkylation sites (N-methyl/N-ethyl adjacent to an activating group) is 1. The van der Waals surface area contributed by atoms with Crippen LogP contribution < -0.4 is 21.1 Å². The maximum Gasteiger partial charge on any atom is 0.251 e. The number of methoxy groups -OCH3 is 1. The lowest BCUT2D eigenvalue weighted by Crippen LogP contribution is -2.47. The van der Waals surface area contributed by atoms with E-state index in [0.717, 1.165) is 43.6 Å². The Hall–Kier alpha value is -3.93. The van der Waals surface area contributed by atoms with E-state index in [1.165, 1.54) is 25.7 Å². The van der Waals surface area contributed by atoms with Gasteiger partial charge in [0.05, 0.1) is 26.4 Å². The minimum Gasteiger partial charge on any atom is -0.496 e. The number of piperidine rings is 1. The van der Waals surface area contributed by atoms with Crippen LogP contribution in [0.15, 0.2) is 24.4 Å². The molecule has 2 saturated carbocycles. The molecule has 0 atom stereocenters. The Balaban J connectivity index is 1.10. The number of benzene rings is 1. The summed E-state index contributed by atoms with van der Waals surface area (Å²) in [4.78, 5) is 37.8. The third kappa shape index (κ3) is 5.99. The largest absolute Gasteiger partial charge is 0.496 e. The van der Waals surface area contributed by atoms with Crippen LogP contribution in [0.4, 0.5) is 11.8 Å². The number of nitrogen functional groups attached to an aromatic ring is 1. The molecule has 1 aliphatic heterocycles. The number of carbonyl (C=O) groups is 2. The van der Waals surface area contributed by atoms with Gasteiger partial charge in [0.25, 0.3) is 5.91 Å². The summed E-state index contributed by atoms with van der Waals surface area (Å²) in [7, 11) is 5.14. The average Bonchev–Trinajstić information content (AvgIpc) is 3.66. The number of nitrogens with zero attached hydrogens (tertiary/aromatic N) is 6. The van der Waals surface area contributed by atoms with Crippen LogP contribution in [-0.2, 0) is 11.3 Å². The smallest absolute Gasteiger partial charge is 0.251 e. The van der Waals surface area contributed by atoms with E-state index in [0.29, 0.717) is 47.1 Å². The highest BCUT2D eigenvalue weighted by Crippen LogP contribution is 2.63. The van der Waals surface area contributed by atoms with Crippen molar-refractivity contribution in [3.63, 3.8) is 0 Å². The van der Waals surface area contributed by atoms with E-state index in [4.69, 9.17) is 10.5 Å². The van der Waals surface area contributed by atoms with Crippen LogP contribution in [0.25, 0.3) is 11.0 Å². The molecule has 12 heteroatoms. The van der Waals surface area contributed by atoms with E-state index in [2.05, 4.69) is 30.6 Å². The summed E-state index contributed by atoms with van der Waals surface area (Å²) in [5.74, 6) is 2.15. The first kappa shape index (κ1) is 28.2. The molecule has 1 saturated heterocycles. The Morgan fingerprint density at radius 3 is 2.62 bits per heavy atom. The predicted molar refractivity (Wildman–Crippen MR) is 160 cm³/mol. The van der Waals surface area contributed by atoms with Gasteiger partial charge in [0.15, 0.2) is 5.82 Å². The number of fused-ring (bicyclic) bond motifs is 1. The van der Waals surface area contributed by atoms with Gasteiger partial charge >= 0.3 is 0 Å². The molecule has 12 nitrogen and oxygen atoms in total. The molecule has 2 aromatic heterocycles. The Labute approximate surface area is 246 Å². The highest BCUT2D eigenvalue weighted by molar-refractivity contribution is 5.95. The van der Waals surface area contributed by atoms with Gasteiger partial charge in [-0.3, -0.25) is 19.2 Å². The third-order valence-corrected chi connectivity index (χ3v) is 9.11. The number of ether oxygens (including phenoxy) is 1. The lowest BCUT2D eigenvalue weighted by Gasteiger charge is -2.36. The number of nitrogens with one attached hydrogen (secondary N) is 2. The van der Waals surface area contributed by atoms with Crippen molar-refractivity contribution in [2.45, 2.75) is 51.1 Å². The van der Waals surface area contributed by atoms with Gasteiger partial charge in [0.1, 0.15) is 16.8 Å². The van der Waals surface area contributed by atoms with Crippen LogP contribution >= 0.6 is 0 Å². The van der Waals surface area contributed by atoms with Crippen molar-refractivity contribution >= 4 is 34.6 Å². The standard InChI is InChI=1S/C30H41N9O3/c1-37(2)25(40)18-38-10-6-22(7-11-38)34-28(41)20-4-5-21(24(12-20)42-3)17-39-26-23(16-33-39)35-29(31)36-27(26)32-15-19-13-30(14-19)8-9-30/h4-5,12,16,19,22H,6-11,13-15,17-18H2,1-3H3,(H,34,41)(H3,31,32,35,36). The van der Waals surface area contributed by atoms with Gasteiger partial charge in [-0.2, -0.15) is 10.1 Å². The second-order valence-electron chi connectivity index (χ2n) is 12.5. The highest BCUT2D eigenvalue weighted by Gasteiger charge is 2.52. The SMILES string of the molecule is COc1cc(C(=O)NC2CCN(CC(=O)N(C)C)CC2)ccc1Cn1ncc2nc(N)nc(NCC3CC4(CC4)C3)c21. The van der Waals surface area contributed by atoms with Crippen molar-refractivity contribution in [3.05, 3.63) is 35.5 Å². The fourth-order valence-electron chi connectivity index (χ4n) is 6.41. The van der Waals surface area contributed by atoms with Crippen molar-refractivity contribution in [2.75, 3.05) is 58.4 Å². The molecular formula is C30H41N9O3. The number of rotatable bonds is 10. The topological polar surface area (TPSA) is 144 Å². The predicted octanol–water partition coefficient (Wildman–Crippen LogP) is 2.35. The number of likely N-dealkylation sites (tertiary alicyclic amines) is 1. The molecule has 4 N–H and O–H groups in total. The molecule has 1 aromatic carbocycles. The zero-order valence-electron chi connectivity index (χ0n) is 24.7. The Morgan fingerprint density at radius 1 is 1.17 bits per heavy atom. The van der Waals surface area contributed by atoms with E-state index >= 15 is 0 Å². The molecular weight excluding hydrogens is 534 g/mol. The normalized spacial score (nSPS) is 18.5. The molecule has 3 aromatic rings. The van der Waals surface area contributed by atoms with Gasteiger partial charge in [-0.25, -0.2) is 4.98 Å². The van der Waals surface area contributed by atoms with Gasteiger partial charge < -0.3 is 26.0 Å². The number of aromatic nitrogens is 4. The summed E-state index contributed by atoms with van der Waals surface area (Å²) in [6, 6.07) is 5.57. The molecule has 3 fully saturated rings. The highest BCUT2D eigenvalue weighted by atomic mass is 16.5. The summed E-state index contributed by atoms with van der Waals surface area (Å²) < 4.78 is 7.56. The van der Waals surface area contributed by atoms with Crippen LogP contribution in [0, 0.1) is 11.3 Å². The average molecular weight is 576 g/mol. The first-order chi connectivity index (χ1) is 20.2. The zero-order valence-corrected chi connectivity index (χ0v) is 24.7. The Bertz CT molecular complexity index is 1470. The third-order valence-electron chi connectivity index (χ3n) is 9.11. The minimum absolute atomic E-state index is 0.0671. The number of nitrogens with two attached hydrogens (primary N) is 1. The molecule has 2 amide bonds. The van der Waals surface area contributed by atoms with E-state index in [1.54, 1.807) is 38.4 Å². The first-order valence-corrected chi connectivity index (χ1v) is 14.8. The summed E-state index contributed by atoms with van der Waals surface area (Å²) in [5, 5.41) is 11.3.